The van der Waals surface area contributed by atoms with Gasteiger partial charge in [0.05, 0.1) is 0 Å². The van der Waals surface area contributed by atoms with Crippen LogP contribution < -0.4 is 0 Å². The molecule has 0 saturated heterocycles. The Labute approximate surface area is 82.4 Å². The Morgan fingerprint density at radius 2 is 2.00 bits per heavy atom. The van der Waals surface area contributed by atoms with Gasteiger partial charge in [-0.2, -0.15) is 0 Å². The van der Waals surface area contributed by atoms with E-state index in [4.69, 9.17) is 5.11 Å². The fraction of sp³-hybridized carbons (Fsp3) is 0.364. The average molecular weight is 196 g/mol. The van der Waals surface area contributed by atoms with Crippen LogP contribution in [0.5, 0.6) is 0 Å². The first kappa shape index (κ1) is 10.9. The van der Waals surface area contributed by atoms with E-state index in [1.807, 2.05) is 0 Å². The van der Waals surface area contributed by atoms with Crippen LogP contribution in [0.1, 0.15) is 28.8 Å². The quantitative estimate of drug-likeness (QED) is 0.688. The molecular formula is C11H13FO2. The van der Waals surface area contributed by atoms with Gasteiger partial charge >= 0.3 is 0 Å². The Hall–Kier alpha value is -1.22. The van der Waals surface area contributed by atoms with Gasteiger partial charge in [0.25, 0.3) is 0 Å². The molecule has 0 atom stereocenters. The van der Waals surface area contributed by atoms with Gasteiger partial charge in [0.1, 0.15) is 5.82 Å². The average Bonchev–Trinajstić information content (AvgIpc) is 2.21. The van der Waals surface area contributed by atoms with Gasteiger partial charge in [-0.05, 0) is 36.6 Å². The zero-order valence-corrected chi connectivity index (χ0v) is 8.09. The number of benzene rings is 1. The van der Waals surface area contributed by atoms with Crippen molar-refractivity contribution in [1.29, 1.82) is 0 Å². The van der Waals surface area contributed by atoms with Gasteiger partial charge in [-0.25, -0.2) is 4.39 Å². The molecule has 1 aromatic rings. The minimum absolute atomic E-state index is 0.149. The van der Waals surface area contributed by atoms with Crippen molar-refractivity contribution >= 4 is 5.78 Å². The second-order valence-electron chi connectivity index (χ2n) is 3.08. The fourth-order valence-corrected chi connectivity index (χ4v) is 1.62. The molecule has 0 heterocycles. The van der Waals surface area contributed by atoms with E-state index in [2.05, 4.69) is 0 Å². The van der Waals surface area contributed by atoms with E-state index in [1.54, 1.807) is 6.07 Å². The van der Waals surface area contributed by atoms with Gasteiger partial charge in [0, 0.05) is 19.1 Å². The summed E-state index contributed by atoms with van der Waals surface area (Å²) in [6.07, 6.45) is 2.30. The molecule has 1 aromatic carbocycles. The molecule has 2 nitrogen and oxygen atoms in total. The summed E-state index contributed by atoms with van der Waals surface area (Å²) >= 11 is 0. The molecule has 2 rings (SSSR count). The highest BCUT2D eigenvalue weighted by Gasteiger charge is 2.16. The maximum Gasteiger partial charge on any atom is 0.163 e. The number of carbonyl (C=O) groups is 1. The number of Topliss-reactive ketones (excluding diaryl/α,β-unsaturated/α-hetero) is 1. The van der Waals surface area contributed by atoms with E-state index in [0.717, 1.165) is 25.5 Å². The lowest BCUT2D eigenvalue weighted by molar-refractivity contribution is 0.0972. The summed E-state index contributed by atoms with van der Waals surface area (Å²) < 4.78 is 12.7. The van der Waals surface area contributed by atoms with Crippen molar-refractivity contribution in [3.05, 3.63) is 35.1 Å². The highest BCUT2D eigenvalue weighted by Crippen LogP contribution is 2.21. The van der Waals surface area contributed by atoms with Crippen LogP contribution in [-0.4, -0.2) is 18.0 Å². The molecule has 1 aliphatic rings. The molecule has 0 bridgehead atoms. The van der Waals surface area contributed by atoms with Crippen LogP contribution in [0.3, 0.4) is 0 Å². The Morgan fingerprint density at radius 3 is 2.71 bits per heavy atom. The van der Waals surface area contributed by atoms with Gasteiger partial charge in [-0.15, -0.1) is 0 Å². The molecule has 14 heavy (non-hydrogen) atoms. The van der Waals surface area contributed by atoms with Crippen molar-refractivity contribution in [2.24, 2.45) is 0 Å². The number of aliphatic hydroxyl groups excluding tert-OH is 1. The van der Waals surface area contributed by atoms with Crippen molar-refractivity contribution in [3.63, 3.8) is 0 Å². The maximum atomic E-state index is 12.7. The lowest BCUT2D eigenvalue weighted by Gasteiger charge is -2.13. The van der Waals surface area contributed by atoms with Gasteiger partial charge in [0.2, 0.25) is 0 Å². The molecule has 1 aliphatic carbocycles. The third kappa shape index (κ3) is 2.17. The summed E-state index contributed by atoms with van der Waals surface area (Å²) in [4.78, 5) is 11.3. The van der Waals surface area contributed by atoms with Crippen molar-refractivity contribution in [2.75, 3.05) is 7.11 Å². The van der Waals surface area contributed by atoms with Gasteiger partial charge in [-0.1, -0.05) is 0 Å². The number of aryl methyl sites for hydroxylation is 1. The molecule has 1 N–H and O–H groups in total. The van der Waals surface area contributed by atoms with E-state index in [9.17, 15) is 9.18 Å². The Balaban J connectivity index is 0.000000461. The van der Waals surface area contributed by atoms with Crippen molar-refractivity contribution in [2.45, 2.75) is 19.3 Å². The van der Waals surface area contributed by atoms with Crippen LogP contribution in [0.4, 0.5) is 4.39 Å². The topological polar surface area (TPSA) is 37.3 Å². The van der Waals surface area contributed by atoms with E-state index in [0.29, 0.717) is 12.0 Å². The normalized spacial score (nSPS) is 14.1. The summed E-state index contributed by atoms with van der Waals surface area (Å²) in [5.41, 5.74) is 1.58. The molecule has 0 radical (unpaired) electrons. The van der Waals surface area contributed by atoms with Crippen LogP contribution in [0, 0.1) is 5.82 Å². The first-order valence-electron chi connectivity index (χ1n) is 4.54. The predicted octanol–water partition coefficient (Wildman–Crippen LogP) is 1.95. The van der Waals surface area contributed by atoms with Gasteiger partial charge in [-0.3, -0.25) is 4.79 Å². The number of halogens is 1. The lowest BCUT2D eigenvalue weighted by atomic mass is 9.91. The van der Waals surface area contributed by atoms with Crippen LogP contribution in [-0.2, 0) is 6.42 Å². The number of fused-ring (bicyclic) bond motifs is 1. The summed E-state index contributed by atoms with van der Waals surface area (Å²) in [6.45, 7) is 0. The fourth-order valence-electron chi connectivity index (χ4n) is 1.62. The maximum absolute atomic E-state index is 12.7. The summed E-state index contributed by atoms with van der Waals surface area (Å²) in [6, 6.07) is 4.40. The van der Waals surface area contributed by atoms with Crippen LogP contribution in [0.2, 0.25) is 0 Å². The Kier molecular flexibility index (Phi) is 3.77. The second kappa shape index (κ2) is 4.86. The standard InChI is InChI=1S/C10H9FO.CH4O/c11-8-4-5-9-7(6-8)2-1-3-10(9)12;1-2/h4-6H,1-3H2;2H,1H3. The highest BCUT2D eigenvalue weighted by atomic mass is 19.1. The Morgan fingerprint density at radius 1 is 1.29 bits per heavy atom. The molecule has 76 valence electrons. The first-order chi connectivity index (χ1) is 6.77. The molecule has 0 aromatic heterocycles. The van der Waals surface area contributed by atoms with Gasteiger partial charge < -0.3 is 5.11 Å². The van der Waals surface area contributed by atoms with Crippen molar-refractivity contribution < 1.29 is 14.3 Å². The third-order valence-corrected chi connectivity index (χ3v) is 2.22. The number of hydrogen-bond acceptors (Lipinski definition) is 2. The zero-order valence-electron chi connectivity index (χ0n) is 8.09. The predicted molar refractivity (Wildman–Crippen MR) is 51.8 cm³/mol. The summed E-state index contributed by atoms with van der Waals surface area (Å²) in [7, 11) is 1.00. The van der Waals surface area contributed by atoms with Crippen molar-refractivity contribution in [1.82, 2.24) is 0 Å². The Bertz CT molecular complexity index is 334. The molecule has 0 spiro atoms. The van der Waals surface area contributed by atoms with Gasteiger partial charge in [0.15, 0.2) is 5.78 Å². The summed E-state index contributed by atoms with van der Waals surface area (Å²) in [5.74, 6) is -0.0975. The van der Waals surface area contributed by atoms with E-state index in [-0.39, 0.29) is 11.6 Å². The minimum atomic E-state index is -0.247. The SMILES string of the molecule is CO.O=C1CCCc2cc(F)ccc21. The number of hydrogen-bond donors (Lipinski definition) is 1. The first-order valence-corrected chi connectivity index (χ1v) is 4.54. The molecule has 3 heteroatoms. The largest absolute Gasteiger partial charge is 0.400 e. The molecule has 0 amide bonds. The molecule has 0 unspecified atom stereocenters. The highest BCUT2D eigenvalue weighted by molar-refractivity contribution is 5.98. The summed E-state index contributed by atoms with van der Waals surface area (Å²) in [5, 5.41) is 7.00. The number of carbonyl (C=O) groups excluding carboxylic acids is 1. The van der Waals surface area contributed by atoms with Crippen LogP contribution in [0.25, 0.3) is 0 Å². The molecular weight excluding hydrogens is 183 g/mol. The smallest absolute Gasteiger partial charge is 0.163 e. The van der Waals surface area contributed by atoms with E-state index in [1.165, 1.54) is 12.1 Å². The van der Waals surface area contributed by atoms with Crippen molar-refractivity contribution in [3.8, 4) is 0 Å². The van der Waals surface area contributed by atoms with Crippen LogP contribution >= 0.6 is 0 Å². The third-order valence-electron chi connectivity index (χ3n) is 2.22. The minimum Gasteiger partial charge on any atom is -0.400 e. The second-order valence-corrected chi connectivity index (χ2v) is 3.08. The molecule has 0 saturated carbocycles. The number of aliphatic hydroxyl groups is 1. The number of ketones is 1. The zero-order chi connectivity index (χ0) is 10.6. The van der Waals surface area contributed by atoms with E-state index >= 15 is 0 Å². The lowest BCUT2D eigenvalue weighted by Crippen LogP contribution is -2.10. The monoisotopic (exact) mass is 196 g/mol. The van der Waals surface area contributed by atoms with Crippen LogP contribution in [0.15, 0.2) is 18.2 Å². The molecule has 0 fully saturated rings. The van der Waals surface area contributed by atoms with E-state index < -0.39 is 0 Å². The molecule has 0 aliphatic heterocycles. The number of rotatable bonds is 0.